The highest BCUT2D eigenvalue weighted by molar-refractivity contribution is 7.78. The lowest BCUT2D eigenvalue weighted by Gasteiger charge is -2.07. The van der Waals surface area contributed by atoms with Gasteiger partial charge in [-0.25, -0.2) is 13.2 Å². The summed E-state index contributed by atoms with van der Waals surface area (Å²) < 4.78 is 43.2. The molecule has 0 N–H and O–H groups in total. The molecule has 0 radical (unpaired) electrons. The number of nitrogens with zero attached hydrogens (tertiary/aromatic N) is 1. The van der Waals surface area contributed by atoms with E-state index in [0.29, 0.717) is 0 Å². The molecule has 0 spiro atoms. The quantitative estimate of drug-likeness (QED) is 0.240. The van der Waals surface area contributed by atoms with Gasteiger partial charge in [0, 0.05) is 11.1 Å². The van der Waals surface area contributed by atoms with Gasteiger partial charge in [0.25, 0.3) is 0 Å². The summed E-state index contributed by atoms with van der Waals surface area (Å²) in [7, 11) is 0. The molecular weight excluding hydrogens is 403 g/mol. The summed E-state index contributed by atoms with van der Waals surface area (Å²) in [5.41, 5.74) is 1.89. The number of aryl methyl sites for hydroxylation is 1. The normalized spacial score (nSPS) is 10.1. The summed E-state index contributed by atoms with van der Waals surface area (Å²) in [4.78, 5) is 3.56. The van der Waals surface area contributed by atoms with Gasteiger partial charge < -0.3 is 0 Å². The first-order valence-corrected chi connectivity index (χ1v) is 9.90. The molecule has 1 nitrogen and oxygen atoms in total. The number of halogens is 3. The zero-order valence-corrected chi connectivity index (χ0v) is 17.1. The number of aliphatic imine (C=N–C) groups is 1. The molecule has 0 aliphatic rings. The molecule has 0 heterocycles. The minimum atomic E-state index is -0.820. The number of hydrogen-bond donors (Lipinski definition) is 0. The average Bonchev–Trinajstić information content (AvgIpc) is 2.73. The fourth-order valence-corrected chi connectivity index (χ4v) is 3.10. The Bertz CT molecular complexity index is 1140. The van der Waals surface area contributed by atoms with Gasteiger partial charge in [-0.1, -0.05) is 43.4 Å². The van der Waals surface area contributed by atoms with Crippen molar-refractivity contribution >= 4 is 23.1 Å². The molecule has 0 bridgehead atoms. The maximum absolute atomic E-state index is 14.6. The van der Waals surface area contributed by atoms with Crippen molar-refractivity contribution in [2.45, 2.75) is 26.2 Å². The first-order chi connectivity index (χ1) is 14.5. The van der Waals surface area contributed by atoms with Crippen LogP contribution in [-0.2, 0) is 6.42 Å². The van der Waals surface area contributed by atoms with Crippen LogP contribution in [0.4, 0.5) is 18.9 Å². The number of unbranched alkanes of at least 4 members (excludes halogenated alkanes) is 1. The summed E-state index contributed by atoms with van der Waals surface area (Å²) in [6.07, 6.45) is 3.27. The van der Waals surface area contributed by atoms with E-state index in [0.717, 1.165) is 43.0 Å². The lowest BCUT2D eigenvalue weighted by atomic mass is 10.0. The van der Waals surface area contributed by atoms with E-state index in [1.54, 1.807) is 0 Å². The van der Waals surface area contributed by atoms with Crippen LogP contribution in [0, 0.1) is 29.3 Å². The Morgan fingerprint density at radius 2 is 1.50 bits per heavy atom. The zero-order chi connectivity index (χ0) is 21.5. The Labute approximate surface area is 179 Å². The molecule has 0 amide bonds. The molecule has 0 unspecified atom stereocenters. The third-order valence-electron chi connectivity index (χ3n) is 4.57. The fraction of sp³-hybridized carbons (Fsp3) is 0.160. The molecule has 0 atom stereocenters. The van der Waals surface area contributed by atoms with E-state index in [4.69, 9.17) is 0 Å². The second-order valence-electron chi connectivity index (χ2n) is 6.73. The molecule has 0 aliphatic heterocycles. The van der Waals surface area contributed by atoms with E-state index >= 15 is 0 Å². The molecule has 0 aromatic heterocycles. The topological polar surface area (TPSA) is 12.4 Å². The zero-order valence-electron chi connectivity index (χ0n) is 16.3. The van der Waals surface area contributed by atoms with Crippen LogP contribution in [0.15, 0.2) is 59.6 Å². The van der Waals surface area contributed by atoms with Gasteiger partial charge in [-0.2, -0.15) is 4.99 Å². The van der Waals surface area contributed by atoms with E-state index < -0.39 is 17.5 Å². The van der Waals surface area contributed by atoms with Crippen molar-refractivity contribution in [3.05, 3.63) is 88.7 Å². The Balaban J connectivity index is 1.86. The minimum Gasteiger partial charge on any atom is -0.206 e. The molecule has 150 valence electrons. The first kappa shape index (κ1) is 21.5. The largest absolute Gasteiger partial charge is 0.206 e. The van der Waals surface area contributed by atoms with Crippen molar-refractivity contribution in [1.82, 2.24) is 0 Å². The highest BCUT2D eigenvalue weighted by atomic mass is 32.1. The predicted molar refractivity (Wildman–Crippen MR) is 117 cm³/mol. The second kappa shape index (κ2) is 10.0. The number of benzene rings is 3. The Hall–Kier alpha value is -3.19. The first-order valence-electron chi connectivity index (χ1n) is 9.49. The van der Waals surface area contributed by atoms with E-state index in [-0.39, 0.29) is 22.4 Å². The Kier molecular flexibility index (Phi) is 7.19. The highest BCUT2D eigenvalue weighted by Crippen LogP contribution is 2.30. The van der Waals surface area contributed by atoms with Gasteiger partial charge >= 0.3 is 0 Å². The van der Waals surface area contributed by atoms with Crippen LogP contribution >= 0.6 is 12.2 Å². The van der Waals surface area contributed by atoms with Crippen molar-refractivity contribution in [1.29, 1.82) is 0 Å². The summed E-state index contributed by atoms with van der Waals surface area (Å²) in [6.45, 7) is 2.14. The van der Waals surface area contributed by atoms with Gasteiger partial charge in [-0.05, 0) is 72.6 Å². The van der Waals surface area contributed by atoms with Gasteiger partial charge in [0.15, 0.2) is 0 Å². The third-order valence-corrected chi connectivity index (χ3v) is 4.66. The molecule has 5 heteroatoms. The van der Waals surface area contributed by atoms with Gasteiger partial charge in [0.1, 0.15) is 23.1 Å². The maximum Gasteiger partial charge on any atom is 0.150 e. The van der Waals surface area contributed by atoms with E-state index in [1.165, 1.54) is 17.7 Å². The van der Waals surface area contributed by atoms with Gasteiger partial charge in [-0.15, -0.1) is 0 Å². The fourth-order valence-electron chi connectivity index (χ4n) is 3.00. The lowest BCUT2D eigenvalue weighted by Crippen LogP contribution is -1.93. The summed E-state index contributed by atoms with van der Waals surface area (Å²) >= 11 is 4.44. The van der Waals surface area contributed by atoms with Crippen LogP contribution in [0.2, 0.25) is 0 Å². The molecule has 0 fully saturated rings. The third kappa shape index (κ3) is 5.24. The van der Waals surface area contributed by atoms with Crippen molar-refractivity contribution in [2.75, 3.05) is 0 Å². The second-order valence-corrected chi connectivity index (χ2v) is 6.92. The van der Waals surface area contributed by atoms with Crippen molar-refractivity contribution < 1.29 is 13.2 Å². The molecule has 3 aromatic carbocycles. The minimum absolute atomic E-state index is 0.0437. The van der Waals surface area contributed by atoms with Gasteiger partial charge in [0.05, 0.1) is 10.7 Å². The van der Waals surface area contributed by atoms with Crippen LogP contribution in [0.3, 0.4) is 0 Å². The molecular formula is C25H18F3NS. The van der Waals surface area contributed by atoms with E-state index in [2.05, 4.69) is 41.1 Å². The van der Waals surface area contributed by atoms with Gasteiger partial charge in [0.2, 0.25) is 0 Å². The summed E-state index contributed by atoms with van der Waals surface area (Å²) in [6, 6.07) is 13.8. The predicted octanol–water partition coefficient (Wildman–Crippen LogP) is 7.25. The van der Waals surface area contributed by atoms with Crippen molar-refractivity contribution in [2.24, 2.45) is 4.99 Å². The molecule has 30 heavy (non-hydrogen) atoms. The number of thiocarbonyl (C=S) groups is 1. The molecule has 0 saturated carbocycles. The lowest BCUT2D eigenvalue weighted by molar-refractivity contribution is 0.588. The Morgan fingerprint density at radius 1 is 0.833 bits per heavy atom. The average molecular weight is 421 g/mol. The number of hydrogen-bond acceptors (Lipinski definition) is 2. The number of isothiocyanates is 1. The SMILES string of the molecule is CCCCc1ccc(C#Cc2cc(F)c(-c3ccc(N=C=S)c(F)c3)c(F)c2)cc1. The van der Waals surface area contributed by atoms with Crippen molar-refractivity contribution in [3.8, 4) is 23.0 Å². The highest BCUT2D eigenvalue weighted by Gasteiger charge is 2.15. The maximum atomic E-state index is 14.6. The summed E-state index contributed by atoms with van der Waals surface area (Å²) in [5, 5.41) is 2.06. The van der Waals surface area contributed by atoms with Crippen LogP contribution in [0.5, 0.6) is 0 Å². The van der Waals surface area contributed by atoms with Gasteiger partial charge in [-0.3, -0.25) is 0 Å². The standard InChI is InChI=1S/C25H18F3NS/c1-2-3-4-17-5-7-18(8-6-17)9-10-19-13-22(27)25(23(28)14-19)20-11-12-24(29-16-30)21(26)15-20/h5-8,11-15H,2-4H2,1H3. The van der Waals surface area contributed by atoms with Crippen LogP contribution in [-0.4, -0.2) is 5.16 Å². The van der Waals surface area contributed by atoms with Crippen LogP contribution in [0.25, 0.3) is 11.1 Å². The molecule has 0 aliphatic carbocycles. The molecule has 0 saturated heterocycles. The van der Waals surface area contributed by atoms with Crippen LogP contribution < -0.4 is 0 Å². The van der Waals surface area contributed by atoms with Crippen LogP contribution in [0.1, 0.15) is 36.5 Å². The van der Waals surface area contributed by atoms with E-state index in [1.807, 2.05) is 24.3 Å². The smallest absolute Gasteiger partial charge is 0.150 e. The van der Waals surface area contributed by atoms with Crippen molar-refractivity contribution in [3.63, 3.8) is 0 Å². The Morgan fingerprint density at radius 3 is 2.10 bits per heavy atom. The molecule has 3 rings (SSSR count). The monoisotopic (exact) mass is 421 g/mol. The number of rotatable bonds is 5. The summed E-state index contributed by atoms with van der Waals surface area (Å²) in [5.74, 6) is 3.32. The van der Waals surface area contributed by atoms with E-state index in [9.17, 15) is 13.2 Å². The molecule has 3 aromatic rings.